The number of rotatable bonds is 3. The van der Waals surface area contributed by atoms with Crippen LogP contribution < -0.4 is 0 Å². The van der Waals surface area contributed by atoms with Crippen molar-refractivity contribution in [1.82, 2.24) is 14.9 Å². The second-order valence-electron chi connectivity index (χ2n) is 4.41. The summed E-state index contributed by atoms with van der Waals surface area (Å²) >= 11 is 17.5. The number of halogens is 2. The van der Waals surface area contributed by atoms with E-state index in [4.69, 9.17) is 35.4 Å². The van der Waals surface area contributed by atoms with Crippen molar-refractivity contribution in [2.24, 2.45) is 5.10 Å². The summed E-state index contributed by atoms with van der Waals surface area (Å²) in [7, 11) is 0. The van der Waals surface area contributed by atoms with Crippen molar-refractivity contribution in [1.29, 1.82) is 0 Å². The van der Waals surface area contributed by atoms with Gasteiger partial charge in [0.1, 0.15) is 0 Å². The highest BCUT2D eigenvalue weighted by Gasteiger charge is 2.08. The summed E-state index contributed by atoms with van der Waals surface area (Å²) in [4.78, 5) is 0. The first kappa shape index (κ1) is 15.0. The van der Waals surface area contributed by atoms with E-state index in [1.54, 1.807) is 24.4 Å². The molecule has 0 saturated heterocycles. The minimum absolute atomic E-state index is 0.387. The van der Waals surface area contributed by atoms with Crippen LogP contribution in [0.25, 0.3) is 11.4 Å². The lowest BCUT2D eigenvalue weighted by Gasteiger charge is -2.02. The van der Waals surface area contributed by atoms with Crippen LogP contribution in [0.3, 0.4) is 0 Å². The van der Waals surface area contributed by atoms with Crippen LogP contribution in [0.15, 0.2) is 53.6 Å². The quantitative estimate of drug-likeness (QED) is 0.545. The van der Waals surface area contributed by atoms with Crippen molar-refractivity contribution >= 4 is 41.6 Å². The van der Waals surface area contributed by atoms with Crippen LogP contribution in [0, 0.1) is 4.77 Å². The summed E-state index contributed by atoms with van der Waals surface area (Å²) in [5.41, 5.74) is 1.53. The number of hydrogen-bond acceptors (Lipinski definition) is 3. The topological polar surface area (TPSA) is 46.0 Å². The average molecular weight is 349 g/mol. The summed E-state index contributed by atoms with van der Waals surface area (Å²) in [5.74, 6) is 0.616. The molecule has 7 heteroatoms. The molecule has 3 rings (SSSR count). The van der Waals surface area contributed by atoms with Crippen LogP contribution in [-0.2, 0) is 0 Å². The third-order valence-electron chi connectivity index (χ3n) is 2.98. The summed E-state index contributed by atoms with van der Waals surface area (Å²) in [6, 6.07) is 14.9. The van der Waals surface area contributed by atoms with Gasteiger partial charge in [0.25, 0.3) is 0 Å². The molecule has 0 fully saturated rings. The molecule has 4 nitrogen and oxygen atoms in total. The van der Waals surface area contributed by atoms with E-state index in [-0.39, 0.29) is 0 Å². The molecule has 0 aliphatic rings. The highest BCUT2D eigenvalue weighted by Crippen LogP contribution is 2.23. The molecule has 1 aromatic heterocycles. The molecule has 0 radical (unpaired) electrons. The highest BCUT2D eigenvalue weighted by atomic mass is 35.5. The predicted molar refractivity (Wildman–Crippen MR) is 92.3 cm³/mol. The molecule has 2 aromatic carbocycles. The normalized spacial score (nSPS) is 11.2. The molecule has 1 N–H and O–H groups in total. The third-order valence-corrected chi connectivity index (χ3v) is 3.91. The molecule has 0 atom stereocenters. The number of nitrogens with zero attached hydrogens (tertiary/aromatic N) is 3. The van der Waals surface area contributed by atoms with Gasteiger partial charge in [-0.2, -0.15) is 14.9 Å². The van der Waals surface area contributed by atoms with Gasteiger partial charge in [-0.05, 0) is 24.4 Å². The smallest absolute Gasteiger partial charge is 0.216 e. The summed E-state index contributed by atoms with van der Waals surface area (Å²) in [6.07, 6.45) is 1.57. The van der Waals surface area contributed by atoms with Gasteiger partial charge in [0.15, 0.2) is 5.82 Å². The maximum absolute atomic E-state index is 6.13. The molecule has 22 heavy (non-hydrogen) atoms. The highest BCUT2D eigenvalue weighted by molar-refractivity contribution is 7.71. The second kappa shape index (κ2) is 6.44. The Bertz CT molecular complexity index is 864. The van der Waals surface area contributed by atoms with Gasteiger partial charge in [0.2, 0.25) is 4.77 Å². The molecule has 0 bridgehead atoms. The van der Waals surface area contributed by atoms with Crippen molar-refractivity contribution in [3.8, 4) is 11.4 Å². The van der Waals surface area contributed by atoms with Crippen molar-refractivity contribution < 1.29 is 0 Å². The Kier molecular flexibility index (Phi) is 4.38. The van der Waals surface area contributed by atoms with Gasteiger partial charge in [-0.25, -0.2) is 5.10 Å². The van der Waals surface area contributed by atoms with Crippen LogP contribution in [-0.4, -0.2) is 21.1 Å². The van der Waals surface area contributed by atoms with E-state index in [0.717, 1.165) is 5.56 Å². The first-order valence-electron chi connectivity index (χ1n) is 6.38. The van der Waals surface area contributed by atoms with E-state index < -0.39 is 0 Å². The van der Waals surface area contributed by atoms with Crippen molar-refractivity contribution in [2.45, 2.75) is 0 Å². The molecule has 0 unspecified atom stereocenters. The number of benzene rings is 2. The van der Waals surface area contributed by atoms with Crippen LogP contribution >= 0.6 is 35.4 Å². The zero-order chi connectivity index (χ0) is 15.5. The lowest BCUT2D eigenvalue weighted by atomic mass is 10.2. The summed E-state index contributed by atoms with van der Waals surface area (Å²) < 4.78 is 1.92. The lowest BCUT2D eigenvalue weighted by Crippen LogP contribution is -1.95. The zero-order valence-corrected chi connectivity index (χ0v) is 13.5. The molecular formula is C15H10Cl2N4S. The summed E-state index contributed by atoms with van der Waals surface area (Å²) in [5, 5.41) is 12.3. The first-order chi connectivity index (χ1) is 10.7. The molecule has 0 amide bonds. The largest absolute Gasteiger partial charge is 0.250 e. The van der Waals surface area contributed by atoms with Gasteiger partial charge in [-0.1, -0.05) is 59.6 Å². The Labute approximate surface area is 142 Å². The predicted octanol–water partition coefficient (Wildman–Crippen LogP) is 4.80. The number of nitrogens with one attached hydrogen (secondary N) is 1. The fourth-order valence-corrected chi connectivity index (χ4v) is 2.60. The van der Waals surface area contributed by atoms with Crippen LogP contribution in [0.2, 0.25) is 10.0 Å². The Morgan fingerprint density at radius 1 is 1.05 bits per heavy atom. The Balaban J connectivity index is 2.05. The maximum Gasteiger partial charge on any atom is 0.216 e. The second-order valence-corrected chi connectivity index (χ2v) is 5.61. The molecule has 0 spiro atoms. The molecular weight excluding hydrogens is 339 g/mol. The van der Waals surface area contributed by atoms with Crippen LogP contribution in [0.1, 0.15) is 5.56 Å². The van der Waals surface area contributed by atoms with Gasteiger partial charge in [-0.3, -0.25) is 0 Å². The molecule has 0 saturated carbocycles. The van der Waals surface area contributed by atoms with Gasteiger partial charge >= 0.3 is 0 Å². The third kappa shape index (κ3) is 2.97. The van der Waals surface area contributed by atoms with Crippen molar-refractivity contribution in [3.63, 3.8) is 0 Å². The molecule has 110 valence electrons. The van der Waals surface area contributed by atoms with Crippen LogP contribution in [0.5, 0.6) is 0 Å². The number of hydrogen-bond donors (Lipinski definition) is 1. The van der Waals surface area contributed by atoms with Crippen LogP contribution in [0.4, 0.5) is 0 Å². The van der Waals surface area contributed by atoms with Crippen molar-refractivity contribution in [2.75, 3.05) is 0 Å². The first-order valence-corrected chi connectivity index (χ1v) is 7.54. The average Bonchev–Trinajstić information content (AvgIpc) is 2.89. The Hall–Kier alpha value is -1.95. The Morgan fingerprint density at radius 3 is 2.41 bits per heavy atom. The fourth-order valence-electron chi connectivity index (χ4n) is 1.92. The van der Waals surface area contributed by atoms with Gasteiger partial charge in [0.05, 0.1) is 16.3 Å². The molecule has 1 heterocycles. The zero-order valence-electron chi connectivity index (χ0n) is 11.2. The Morgan fingerprint density at radius 2 is 1.73 bits per heavy atom. The van der Waals surface area contributed by atoms with E-state index in [0.29, 0.717) is 26.2 Å². The SMILES string of the molecule is S=c1[nH]nc(-c2ccccc2)n1/N=C\c1c(Cl)cccc1Cl. The fraction of sp³-hybridized carbons (Fsp3) is 0. The standard InChI is InChI=1S/C15H10Cl2N4S/c16-12-7-4-8-13(17)11(12)9-18-21-14(19-20-15(21)22)10-5-2-1-3-6-10/h1-9H,(H,20,22)/b18-9-. The summed E-state index contributed by atoms with van der Waals surface area (Å²) in [6.45, 7) is 0. The maximum atomic E-state index is 6.13. The monoisotopic (exact) mass is 348 g/mol. The van der Waals surface area contributed by atoms with E-state index in [1.165, 1.54) is 4.68 Å². The van der Waals surface area contributed by atoms with E-state index in [1.807, 2.05) is 30.3 Å². The molecule has 0 aliphatic heterocycles. The van der Waals surface area contributed by atoms with E-state index in [9.17, 15) is 0 Å². The van der Waals surface area contributed by atoms with Gasteiger partial charge < -0.3 is 0 Å². The molecule has 0 aliphatic carbocycles. The molecule has 3 aromatic rings. The number of H-pyrrole nitrogens is 1. The van der Waals surface area contributed by atoms with E-state index >= 15 is 0 Å². The minimum Gasteiger partial charge on any atom is -0.250 e. The number of aromatic nitrogens is 3. The minimum atomic E-state index is 0.387. The van der Waals surface area contributed by atoms with Crippen molar-refractivity contribution in [3.05, 3.63) is 68.9 Å². The number of aromatic amines is 1. The lowest BCUT2D eigenvalue weighted by molar-refractivity contribution is 0.871. The van der Waals surface area contributed by atoms with Gasteiger partial charge in [0, 0.05) is 11.1 Å². The van der Waals surface area contributed by atoms with E-state index in [2.05, 4.69) is 15.3 Å². The van der Waals surface area contributed by atoms with Gasteiger partial charge in [-0.15, -0.1) is 0 Å².